The van der Waals surface area contributed by atoms with Gasteiger partial charge in [-0.2, -0.15) is 13.2 Å². The molecule has 1 aliphatic carbocycles. The van der Waals surface area contributed by atoms with Crippen LogP contribution in [0.1, 0.15) is 64.7 Å². The van der Waals surface area contributed by atoms with Crippen LogP contribution in [-0.2, 0) is 0 Å². The molecule has 1 N–H and O–H groups in total. The first kappa shape index (κ1) is 15.8. The number of hydrogen-bond donors (Lipinski definition) is 1. The Bertz CT molecular complexity index is 210. The molecule has 0 saturated heterocycles. The molecule has 4 heteroatoms. The molecule has 1 nitrogen and oxygen atoms in total. The summed E-state index contributed by atoms with van der Waals surface area (Å²) in [6.07, 6.45) is 3.71. The van der Waals surface area contributed by atoms with E-state index in [1.165, 1.54) is 25.7 Å². The fraction of sp³-hybridized carbons (Fsp3) is 1.00. The molecule has 0 aromatic carbocycles. The van der Waals surface area contributed by atoms with Crippen molar-refractivity contribution in [2.75, 3.05) is 6.54 Å². The molecule has 108 valence electrons. The van der Waals surface area contributed by atoms with Crippen LogP contribution in [0.5, 0.6) is 0 Å². The van der Waals surface area contributed by atoms with E-state index in [1.807, 2.05) is 6.92 Å². The number of alkyl halides is 3. The van der Waals surface area contributed by atoms with Gasteiger partial charge >= 0.3 is 6.18 Å². The molecule has 1 unspecified atom stereocenters. The largest absolute Gasteiger partial charge is 0.389 e. The van der Waals surface area contributed by atoms with Gasteiger partial charge in [0.1, 0.15) is 0 Å². The molecule has 0 aromatic rings. The van der Waals surface area contributed by atoms with E-state index in [1.54, 1.807) is 0 Å². The first-order chi connectivity index (χ1) is 8.51. The second-order valence-corrected chi connectivity index (χ2v) is 5.53. The maximum atomic E-state index is 12.3. The highest BCUT2D eigenvalue weighted by Crippen LogP contribution is 2.30. The van der Waals surface area contributed by atoms with Gasteiger partial charge in [0.2, 0.25) is 0 Å². The Morgan fingerprint density at radius 1 is 1.17 bits per heavy atom. The molecule has 0 amide bonds. The highest BCUT2D eigenvalue weighted by atomic mass is 19.4. The van der Waals surface area contributed by atoms with Crippen molar-refractivity contribution in [3.05, 3.63) is 0 Å². The van der Waals surface area contributed by atoms with Crippen LogP contribution in [0, 0.1) is 5.92 Å². The zero-order valence-electron chi connectivity index (χ0n) is 11.4. The van der Waals surface area contributed by atoms with E-state index in [9.17, 15) is 13.2 Å². The summed E-state index contributed by atoms with van der Waals surface area (Å²) in [4.78, 5) is 0. The Morgan fingerprint density at radius 3 is 2.39 bits per heavy atom. The van der Waals surface area contributed by atoms with Gasteiger partial charge in [0, 0.05) is 12.5 Å². The fourth-order valence-corrected chi connectivity index (χ4v) is 2.77. The standard InChI is InChI=1S/C14H26F3N/c1-2-11-18-13(9-10-14(15,16)17)8-7-12-5-3-4-6-12/h12-13,18H,2-11H2,1H3. The highest BCUT2D eigenvalue weighted by Gasteiger charge is 2.28. The predicted molar refractivity (Wildman–Crippen MR) is 68.6 cm³/mol. The zero-order chi connectivity index (χ0) is 13.4. The molecule has 1 atom stereocenters. The van der Waals surface area contributed by atoms with Crippen molar-refractivity contribution in [3.63, 3.8) is 0 Å². The summed E-state index contributed by atoms with van der Waals surface area (Å²) in [5.41, 5.74) is 0. The Morgan fingerprint density at radius 2 is 1.83 bits per heavy atom. The molecule has 1 rings (SSSR count). The molecule has 0 aromatic heterocycles. The van der Waals surface area contributed by atoms with Crippen LogP contribution >= 0.6 is 0 Å². The molecule has 1 saturated carbocycles. The minimum Gasteiger partial charge on any atom is -0.314 e. The number of hydrogen-bond acceptors (Lipinski definition) is 1. The summed E-state index contributed by atoms with van der Waals surface area (Å²) in [5.74, 6) is 0.766. The van der Waals surface area contributed by atoms with Crippen LogP contribution in [0.25, 0.3) is 0 Å². The molecule has 0 bridgehead atoms. The minimum atomic E-state index is -4.01. The third-order valence-electron chi connectivity index (χ3n) is 3.86. The van der Waals surface area contributed by atoms with Gasteiger partial charge in [-0.3, -0.25) is 0 Å². The van der Waals surface area contributed by atoms with Gasteiger partial charge in [-0.1, -0.05) is 32.6 Å². The minimum absolute atomic E-state index is 0.0483. The van der Waals surface area contributed by atoms with Crippen LogP contribution in [0.15, 0.2) is 0 Å². The van der Waals surface area contributed by atoms with E-state index < -0.39 is 12.6 Å². The molecule has 1 aliphatic rings. The van der Waals surface area contributed by atoms with E-state index >= 15 is 0 Å². The van der Waals surface area contributed by atoms with Gasteiger partial charge in [-0.15, -0.1) is 0 Å². The van der Waals surface area contributed by atoms with Crippen molar-refractivity contribution < 1.29 is 13.2 Å². The summed E-state index contributed by atoms with van der Waals surface area (Å²) in [5, 5.41) is 3.27. The van der Waals surface area contributed by atoms with Crippen molar-refractivity contribution in [1.29, 1.82) is 0 Å². The third-order valence-corrected chi connectivity index (χ3v) is 3.86. The maximum Gasteiger partial charge on any atom is 0.389 e. The van der Waals surface area contributed by atoms with Crippen LogP contribution in [0.3, 0.4) is 0 Å². The molecular weight excluding hydrogens is 239 g/mol. The molecule has 0 aliphatic heterocycles. The van der Waals surface area contributed by atoms with Crippen molar-refractivity contribution in [2.24, 2.45) is 5.92 Å². The molecule has 18 heavy (non-hydrogen) atoms. The lowest BCUT2D eigenvalue weighted by molar-refractivity contribution is -0.136. The van der Waals surface area contributed by atoms with E-state index in [2.05, 4.69) is 5.32 Å². The Balaban J connectivity index is 2.24. The SMILES string of the molecule is CCCNC(CCC1CCCC1)CCC(F)(F)F. The Labute approximate surface area is 109 Å². The van der Waals surface area contributed by atoms with Gasteiger partial charge in [-0.25, -0.2) is 0 Å². The summed E-state index contributed by atoms with van der Waals surface area (Å²) in [6.45, 7) is 2.87. The van der Waals surface area contributed by atoms with Crippen molar-refractivity contribution in [3.8, 4) is 0 Å². The first-order valence-electron chi connectivity index (χ1n) is 7.31. The average Bonchev–Trinajstić information content (AvgIpc) is 2.79. The Kier molecular flexibility index (Phi) is 7.05. The number of rotatable bonds is 8. The topological polar surface area (TPSA) is 12.0 Å². The zero-order valence-corrected chi connectivity index (χ0v) is 11.4. The lowest BCUT2D eigenvalue weighted by Crippen LogP contribution is -2.31. The second-order valence-electron chi connectivity index (χ2n) is 5.53. The quantitative estimate of drug-likeness (QED) is 0.672. The summed E-state index contributed by atoms with van der Waals surface area (Å²) < 4.78 is 36.8. The fourth-order valence-electron chi connectivity index (χ4n) is 2.77. The van der Waals surface area contributed by atoms with Crippen LogP contribution in [0.2, 0.25) is 0 Å². The number of halogens is 3. The van der Waals surface area contributed by atoms with Crippen molar-refractivity contribution in [2.45, 2.75) is 76.9 Å². The van der Waals surface area contributed by atoms with Gasteiger partial charge in [0.05, 0.1) is 0 Å². The lowest BCUT2D eigenvalue weighted by atomic mass is 9.96. The maximum absolute atomic E-state index is 12.3. The number of nitrogens with one attached hydrogen (secondary N) is 1. The summed E-state index contributed by atoms with van der Waals surface area (Å²) >= 11 is 0. The summed E-state index contributed by atoms with van der Waals surface area (Å²) in [7, 11) is 0. The van der Waals surface area contributed by atoms with E-state index in [0.29, 0.717) is 0 Å². The van der Waals surface area contributed by atoms with Crippen LogP contribution in [-0.4, -0.2) is 18.8 Å². The molecule has 0 spiro atoms. The van der Waals surface area contributed by atoms with E-state index in [4.69, 9.17) is 0 Å². The monoisotopic (exact) mass is 265 g/mol. The lowest BCUT2D eigenvalue weighted by Gasteiger charge is -2.21. The van der Waals surface area contributed by atoms with Gasteiger partial charge < -0.3 is 5.32 Å². The highest BCUT2D eigenvalue weighted by molar-refractivity contribution is 4.74. The molecule has 0 heterocycles. The first-order valence-corrected chi connectivity index (χ1v) is 7.31. The van der Waals surface area contributed by atoms with Gasteiger partial charge in [0.25, 0.3) is 0 Å². The van der Waals surface area contributed by atoms with Crippen LogP contribution < -0.4 is 5.32 Å². The summed E-state index contributed by atoms with van der Waals surface area (Å²) in [6, 6.07) is 0.0483. The van der Waals surface area contributed by atoms with Crippen LogP contribution in [0.4, 0.5) is 13.2 Å². The molecule has 0 radical (unpaired) electrons. The molecular formula is C14H26F3N. The Hall–Kier alpha value is -0.250. The average molecular weight is 265 g/mol. The van der Waals surface area contributed by atoms with Crippen molar-refractivity contribution in [1.82, 2.24) is 5.32 Å². The second kappa shape index (κ2) is 8.03. The van der Waals surface area contributed by atoms with E-state index in [0.717, 1.165) is 31.7 Å². The molecule has 1 fully saturated rings. The van der Waals surface area contributed by atoms with E-state index in [-0.39, 0.29) is 12.5 Å². The van der Waals surface area contributed by atoms with Gasteiger partial charge in [0.15, 0.2) is 0 Å². The van der Waals surface area contributed by atoms with Gasteiger partial charge in [-0.05, 0) is 38.1 Å². The predicted octanol–water partition coefficient (Wildman–Crippen LogP) is 4.67. The normalized spacial score (nSPS) is 19.3. The smallest absolute Gasteiger partial charge is 0.314 e. The third kappa shape index (κ3) is 7.24. The van der Waals surface area contributed by atoms with Crippen molar-refractivity contribution >= 4 is 0 Å².